The summed E-state index contributed by atoms with van der Waals surface area (Å²) in [6.07, 6.45) is 2.95. The minimum absolute atomic E-state index is 0.196. The number of carbonyl (C=O) groups is 1. The Hall–Kier alpha value is -2.33. The molecule has 2 fully saturated rings. The molecule has 0 aliphatic carbocycles. The summed E-state index contributed by atoms with van der Waals surface area (Å²) in [5.41, 5.74) is 2.45. The summed E-state index contributed by atoms with van der Waals surface area (Å²) in [7, 11) is 0. The van der Waals surface area contributed by atoms with E-state index in [1.807, 2.05) is 30.3 Å². The molecule has 4 rings (SSSR count). The SMILES string of the molecule is O=C1C[C@@H]2CC[C@H](CN1)N2Cc1ccc(OCc2ccccc2)cc1. The van der Waals surface area contributed by atoms with Gasteiger partial charge >= 0.3 is 0 Å². The van der Waals surface area contributed by atoms with Crippen molar-refractivity contribution < 1.29 is 9.53 Å². The maximum atomic E-state index is 11.8. The van der Waals surface area contributed by atoms with Crippen LogP contribution in [0, 0.1) is 0 Å². The molecule has 2 aromatic rings. The second-order valence-corrected chi connectivity index (χ2v) is 6.98. The highest BCUT2D eigenvalue weighted by Gasteiger charge is 2.37. The van der Waals surface area contributed by atoms with E-state index < -0.39 is 0 Å². The highest BCUT2D eigenvalue weighted by molar-refractivity contribution is 5.77. The van der Waals surface area contributed by atoms with Crippen LogP contribution in [0.15, 0.2) is 54.6 Å². The number of rotatable bonds is 5. The van der Waals surface area contributed by atoms with Gasteiger partial charge < -0.3 is 10.1 Å². The lowest BCUT2D eigenvalue weighted by molar-refractivity contribution is -0.121. The van der Waals surface area contributed by atoms with Gasteiger partial charge in [0.25, 0.3) is 0 Å². The van der Waals surface area contributed by atoms with Gasteiger partial charge in [-0.25, -0.2) is 0 Å². The normalized spacial score (nSPS) is 23.1. The molecule has 25 heavy (non-hydrogen) atoms. The molecule has 2 bridgehead atoms. The zero-order chi connectivity index (χ0) is 17.1. The van der Waals surface area contributed by atoms with Gasteiger partial charge in [-0.05, 0) is 36.1 Å². The fourth-order valence-electron chi connectivity index (χ4n) is 3.87. The first-order valence-corrected chi connectivity index (χ1v) is 9.06. The summed E-state index contributed by atoms with van der Waals surface area (Å²) in [6.45, 7) is 2.28. The molecule has 2 aliphatic heterocycles. The first-order valence-electron chi connectivity index (χ1n) is 9.06. The van der Waals surface area contributed by atoms with Crippen molar-refractivity contribution in [3.63, 3.8) is 0 Å². The van der Waals surface area contributed by atoms with Gasteiger partial charge in [0.05, 0.1) is 0 Å². The summed E-state index contributed by atoms with van der Waals surface area (Å²) in [4.78, 5) is 14.2. The Bertz CT molecular complexity index is 714. The minimum atomic E-state index is 0.196. The maximum Gasteiger partial charge on any atom is 0.221 e. The highest BCUT2D eigenvalue weighted by Crippen LogP contribution is 2.30. The zero-order valence-corrected chi connectivity index (χ0v) is 14.4. The van der Waals surface area contributed by atoms with E-state index in [-0.39, 0.29) is 5.91 Å². The number of fused-ring (bicyclic) bond motifs is 2. The lowest BCUT2D eigenvalue weighted by Crippen LogP contribution is -2.37. The van der Waals surface area contributed by atoms with Crippen LogP contribution in [-0.4, -0.2) is 29.4 Å². The van der Waals surface area contributed by atoms with Crippen molar-refractivity contribution in [1.29, 1.82) is 0 Å². The van der Waals surface area contributed by atoms with Gasteiger partial charge in [-0.3, -0.25) is 9.69 Å². The van der Waals surface area contributed by atoms with E-state index >= 15 is 0 Å². The van der Waals surface area contributed by atoms with E-state index in [0.717, 1.165) is 25.3 Å². The average Bonchev–Trinajstić information content (AvgIpc) is 2.93. The van der Waals surface area contributed by atoms with Crippen LogP contribution >= 0.6 is 0 Å². The quantitative estimate of drug-likeness (QED) is 0.912. The molecular formula is C21H24N2O2. The van der Waals surface area contributed by atoms with E-state index in [1.54, 1.807) is 0 Å². The van der Waals surface area contributed by atoms with Crippen LogP contribution in [0.1, 0.15) is 30.4 Å². The molecule has 4 nitrogen and oxygen atoms in total. The topological polar surface area (TPSA) is 41.6 Å². The fourth-order valence-corrected chi connectivity index (χ4v) is 3.87. The van der Waals surface area contributed by atoms with Crippen molar-refractivity contribution in [2.45, 2.75) is 44.5 Å². The number of amides is 1. The monoisotopic (exact) mass is 336 g/mol. The minimum Gasteiger partial charge on any atom is -0.489 e. The Morgan fingerprint density at radius 3 is 2.52 bits per heavy atom. The van der Waals surface area contributed by atoms with Crippen LogP contribution in [0.5, 0.6) is 5.75 Å². The molecule has 0 unspecified atom stereocenters. The predicted molar refractivity (Wildman–Crippen MR) is 97.2 cm³/mol. The van der Waals surface area contributed by atoms with Crippen molar-refractivity contribution >= 4 is 5.91 Å². The smallest absolute Gasteiger partial charge is 0.221 e. The molecule has 1 amide bonds. The van der Waals surface area contributed by atoms with Gasteiger partial charge in [-0.1, -0.05) is 42.5 Å². The number of nitrogens with zero attached hydrogens (tertiary/aromatic N) is 1. The molecule has 4 heteroatoms. The first-order chi connectivity index (χ1) is 12.3. The molecule has 2 heterocycles. The summed E-state index contributed by atoms with van der Waals surface area (Å²) in [6, 6.07) is 19.4. The number of hydrogen-bond donors (Lipinski definition) is 1. The molecule has 0 aromatic heterocycles. The molecule has 130 valence electrons. The third kappa shape index (κ3) is 3.85. The second-order valence-electron chi connectivity index (χ2n) is 6.98. The third-order valence-corrected chi connectivity index (χ3v) is 5.26. The van der Waals surface area contributed by atoms with E-state index in [9.17, 15) is 4.79 Å². The largest absolute Gasteiger partial charge is 0.489 e. The van der Waals surface area contributed by atoms with Crippen LogP contribution in [0.3, 0.4) is 0 Å². The van der Waals surface area contributed by atoms with Crippen LogP contribution in [0.25, 0.3) is 0 Å². The lowest BCUT2D eigenvalue weighted by atomic mass is 10.1. The van der Waals surface area contributed by atoms with Crippen molar-refractivity contribution in [2.75, 3.05) is 6.54 Å². The number of hydrogen-bond acceptors (Lipinski definition) is 3. The van der Waals surface area contributed by atoms with Gasteiger partial charge in [-0.2, -0.15) is 0 Å². The maximum absolute atomic E-state index is 11.8. The molecule has 0 radical (unpaired) electrons. The summed E-state index contributed by atoms with van der Waals surface area (Å²) < 4.78 is 5.86. The zero-order valence-electron chi connectivity index (χ0n) is 14.4. The number of carbonyl (C=O) groups excluding carboxylic acids is 1. The molecule has 0 saturated carbocycles. The number of benzene rings is 2. The molecular weight excluding hydrogens is 312 g/mol. The van der Waals surface area contributed by atoms with Crippen molar-refractivity contribution in [1.82, 2.24) is 10.2 Å². The number of ether oxygens (including phenoxy) is 1. The molecule has 2 atom stereocenters. The van der Waals surface area contributed by atoms with Crippen molar-refractivity contribution in [3.8, 4) is 5.75 Å². The van der Waals surface area contributed by atoms with E-state index in [2.05, 4.69) is 34.5 Å². The predicted octanol–water partition coefficient (Wildman–Crippen LogP) is 3.12. The van der Waals surface area contributed by atoms with Crippen molar-refractivity contribution in [3.05, 3.63) is 65.7 Å². The average molecular weight is 336 g/mol. The van der Waals surface area contributed by atoms with E-state index in [1.165, 1.54) is 17.5 Å². The highest BCUT2D eigenvalue weighted by atomic mass is 16.5. The second kappa shape index (κ2) is 7.28. The molecule has 1 N–H and O–H groups in total. The number of nitrogens with one attached hydrogen (secondary N) is 1. The van der Waals surface area contributed by atoms with Gasteiger partial charge in [0.2, 0.25) is 5.91 Å². The first kappa shape index (κ1) is 16.2. The third-order valence-electron chi connectivity index (χ3n) is 5.26. The van der Waals surface area contributed by atoms with Crippen LogP contribution < -0.4 is 10.1 Å². The van der Waals surface area contributed by atoms with Gasteiger partial charge in [0, 0.05) is 31.6 Å². The van der Waals surface area contributed by atoms with Gasteiger partial charge in [-0.15, -0.1) is 0 Å². The Morgan fingerprint density at radius 1 is 0.960 bits per heavy atom. The van der Waals surface area contributed by atoms with Crippen LogP contribution in [0.4, 0.5) is 0 Å². The van der Waals surface area contributed by atoms with Crippen molar-refractivity contribution in [2.24, 2.45) is 0 Å². The van der Waals surface area contributed by atoms with Gasteiger partial charge in [0.15, 0.2) is 0 Å². The van der Waals surface area contributed by atoms with Gasteiger partial charge in [0.1, 0.15) is 12.4 Å². The molecule has 2 saturated heterocycles. The Kier molecular flexibility index (Phi) is 4.70. The summed E-state index contributed by atoms with van der Waals surface area (Å²) in [5.74, 6) is 1.09. The van der Waals surface area contributed by atoms with E-state index in [4.69, 9.17) is 4.74 Å². The van der Waals surface area contributed by atoms with Crippen LogP contribution in [0.2, 0.25) is 0 Å². The summed E-state index contributed by atoms with van der Waals surface area (Å²) in [5, 5.41) is 3.03. The Labute approximate surface area is 148 Å². The Balaban J connectivity index is 1.36. The van der Waals surface area contributed by atoms with Crippen LogP contribution in [-0.2, 0) is 17.9 Å². The Morgan fingerprint density at radius 2 is 1.72 bits per heavy atom. The standard InChI is InChI=1S/C21H24N2O2/c24-21-12-18-8-9-19(13-22-21)23(18)14-16-6-10-20(11-7-16)25-15-17-4-2-1-3-5-17/h1-7,10-11,18-19H,8-9,12-15H2,(H,22,24)/t18-,19+/m0/s1. The molecule has 2 aliphatic rings. The fraction of sp³-hybridized carbons (Fsp3) is 0.381. The molecule has 2 aromatic carbocycles. The van der Waals surface area contributed by atoms with E-state index in [0.29, 0.717) is 25.1 Å². The summed E-state index contributed by atoms with van der Waals surface area (Å²) >= 11 is 0. The lowest BCUT2D eigenvalue weighted by Gasteiger charge is -2.27. The molecule has 0 spiro atoms.